The minimum atomic E-state index is -0.895. The molecule has 1 N–H and O–H groups in total. The van der Waals surface area contributed by atoms with Gasteiger partial charge in [-0.05, 0) is 27.9 Å². The van der Waals surface area contributed by atoms with Crippen molar-refractivity contribution in [2.24, 2.45) is 0 Å². The van der Waals surface area contributed by atoms with Gasteiger partial charge in [-0.15, -0.1) is 22.7 Å². The van der Waals surface area contributed by atoms with Crippen molar-refractivity contribution in [2.75, 3.05) is 0 Å². The molecule has 2 aromatic heterocycles. The first-order valence-corrected chi connectivity index (χ1v) is 7.46. The second-order valence-corrected chi connectivity index (χ2v) is 6.65. The standard InChI is InChI=1S/C11H10BrNO2S2/c1-5(2)8-9(11(14)15)17-10(13-8)7-3-6(12)4-16-7/h3-5H,1-2H3,(H,14,15). The van der Waals surface area contributed by atoms with E-state index in [1.54, 1.807) is 11.3 Å². The van der Waals surface area contributed by atoms with Gasteiger partial charge in [0.05, 0.1) is 10.6 Å². The second-order valence-electron chi connectivity index (χ2n) is 3.82. The lowest BCUT2D eigenvalue weighted by molar-refractivity contribution is 0.0700. The van der Waals surface area contributed by atoms with Gasteiger partial charge in [0.25, 0.3) is 0 Å². The van der Waals surface area contributed by atoms with Crippen LogP contribution in [0.1, 0.15) is 35.1 Å². The zero-order valence-electron chi connectivity index (χ0n) is 9.23. The molecule has 0 aliphatic rings. The van der Waals surface area contributed by atoms with Crippen molar-refractivity contribution < 1.29 is 9.90 Å². The van der Waals surface area contributed by atoms with Crippen molar-refractivity contribution in [3.63, 3.8) is 0 Å². The molecular formula is C11H10BrNO2S2. The van der Waals surface area contributed by atoms with Gasteiger partial charge in [0, 0.05) is 9.85 Å². The Kier molecular flexibility index (Phi) is 3.65. The number of aromatic carboxylic acids is 1. The average molecular weight is 332 g/mol. The van der Waals surface area contributed by atoms with Crippen LogP contribution in [-0.4, -0.2) is 16.1 Å². The highest BCUT2D eigenvalue weighted by atomic mass is 79.9. The van der Waals surface area contributed by atoms with Crippen molar-refractivity contribution in [1.29, 1.82) is 0 Å². The van der Waals surface area contributed by atoms with Gasteiger partial charge < -0.3 is 5.11 Å². The Bertz CT molecular complexity index is 560. The number of hydrogen-bond acceptors (Lipinski definition) is 4. The normalized spacial score (nSPS) is 11.1. The van der Waals surface area contributed by atoms with Gasteiger partial charge in [-0.3, -0.25) is 0 Å². The molecule has 90 valence electrons. The maximum absolute atomic E-state index is 11.1. The third kappa shape index (κ3) is 2.59. The number of thiophene rings is 1. The summed E-state index contributed by atoms with van der Waals surface area (Å²) in [6.45, 7) is 3.91. The van der Waals surface area contributed by atoms with E-state index in [2.05, 4.69) is 20.9 Å². The molecule has 0 aromatic carbocycles. The highest BCUT2D eigenvalue weighted by Gasteiger charge is 2.20. The van der Waals surface area contributed by atoms with Crippen molar-refractivity contribution in [3.8, 4) is 9.88 Å². The van der Waals surface area contributed by atoms with Crippen LogP contribution in [0.2, 0.25) is 0 Å². The van der Waals surface area contributed by atoms with Gasteiger partial charge in [0.1, 0.15) is 9.88 Å². The molecule has 0 spiro atoms. The SMILES string of the molecule is CC(C)c1nc(-c2cc(Br)cs2)sc1C(=O)O. The first-order chi connectivity index (χ1) is 7.99. The van der Waals surface area contributed by atoms with Crippen LogP contribution in [0.3, 0.4) is 0 Å². The van der Waals surface area contributed by atoms with Gasteiger partial charge in [0.2, 0.25) is 0 Å². The fourth-order valence-electron chi connectivity index (χ4n) is 1.41. The second kappa shape index (κ2) is 4.88. The summed E-state index contributed by atoms with van der Waals surface area (Å²) in [6.07, 6.45) is 0. The molecule has 0 saturated carbocycles. The van der Waals surface area contributed by atoms with Crippen molar-refractivity contribution in [3.05, 3.63) is 26.5 Å². The molecule has 6 heteroatoms. The largest absolute Gasteiger partial charge is 0.477 e. The molecule has 0 fully saturated rings. The minimum Gasteiger partial charge on any atom is -0.477 e. The molecule has 0 unspecified atom stereocenters. The van der Waals surface area contributed by atoms with Gasteiger partial charge in [-0.2, -0.15) is 0 Å². The number of rotatable bonds is 3. The monoisotopic (exact) mass is 331 g/mol. The molecule has 2 rings (SSSR count). The number of carboxylic acid groups (broad SMARTS) is 1. The van der Waals surface area contributed by atoms with Crippen LogP contribution in [0.5, 0.6) is 0 Å². The number of halogens is 1. The Balaban J connectivity index is 2.50. The summed E-state index contributed by atoms with van der Waals surface area (Å²) in [5, 5.41) is 11.9. The van der Waals surface area contributed by atoms with Gasteiger partial charge in [0.15, 0.2) is 0 Å². The molecule has 0 bridgehead atoms. The average Bonchev–Trinajstić information content (AvgIpc) is 2.82. The summed E-state index contributed by atoms with van der Waals surface area (Å²) in [7, 11) is 0. The lowest BCUT2D eigenvalue weighted by Crippen LogP contribution is -2.00. The Hall–Kier alpha value is -0.720. The van der Waals surface area contributed by atoms with Gasteiger partial charge in [-0.1, -0.05) is 13.8 Å². The highest BCUT2D eigenvalue weighted by molar-refractivity contribution is 9.10. The Morgan fingerprint density at radius 2 is 2.24 bits per heavy atom. The first kappa shape index (κ1) is 12.7. The van der Waals surface area contributed by atoms with E-state index in [-0.39, 0.29) is 5.92 Å². The minimum absolute atomic E-state index is 0.120. The zero-order valence-corrected chi connectivity index (χ0v) is 12.4. The van der Waals surface area contributed by atoms with Crippen LogP contribution >= 0.6 is 38.6 Å². The lowest BCUT2D eigenvalue weighted by Gasteiger charge is -2.00. The maximum Gasteiger partial charge on any atom is 0.347 e. The highest BCUT2D eigenvalue weighted by Crippen LogP contribution is 2.36. The molecule has 17 heavy (non-hydrogen) atoms. The molecule has 2 aromatic rings. The van der Waals surface area contributed by atoms with Gasteiger partial charge in [-0.25, -0.2) is 9.78 Å². The number of carbonyl (C=O) groups is 1. The molecule has 0 aliphatic carbocycles. The van der Waals surface area contributed by atoms with E-state index in [9.17, 15) is 4.79 Å². The third-order valence-corrected chi connectivity index (χ3v) is 5.09. The zero-order chi connectivity index (χ0) is 12.6. The lowest BCUT2D eigenvalue weighted by atomic mass is 10.1. The summed E-state index contributed by atoms with van der Waals surface area (Å²) >= 11 is 6.18. The quantitative estimate of drug-likeness (QED) is 0.903. The summed E-state index contributed by atoms with van der Waals surface area (Å²) < 4.78 is 0.996. The van der Waals surface area contributed by atoms with Crippen molar-refractivity contribution in [2.45, 2.75) is 19.8 Å². The fraction of sp³-hybridized carbons (Fsp3) is 0.273. The van der Waals surface area contributed by atoms with Crippen molar-refractivity contribution in [1.82, 2.24) is 4.98 Å². The van der Waals surface area contributed by atoms with Crippen LogP contribution in [0, 0.1) is 0 Å². The van der Waals surface area contributed by atoms with E-state index < -0.39 is 5.97 Å². The van der Waals surface area contributed by atoms with Crippen molar-refractivity contribution >= 4 is 44.6 Å². The molecule has 0 saturated heterocycles. The molecule has 0 atom stereocenters. The van der Waals surface area contributed by atoms with Crippen LogP contribution in [-0.2, 0) is 0 Å². The Morgan fingerprint density at radius 3 is 2.65 bits per heavy atom. The van der Waals surface area contributed by atoms with E-state index in [1.165, 1.54) is 11.3 Å². The summed E-state index contributed by atoms with van der Waals surface area (Å²) in [4.78, 5) is 16.9. The molecule has 0 radical (unpaired) electrons. The Labute approximate surface area is 115 Å². The molecule has 2 heterocycles. The predicted octanol–water partition coefficient (Wildman–Crippen LogP) is 4.46. The number of aromatic nitrogens is 1. The summed E-state index contributed by atoms with van der Waals surface area (Å²) in [5.74, 6) is -0.775. The smallest absolute Gasteiger partial charge is 0.347 e. The first-order valence-electron chi connectivity index (χ1n) is 4.97. The van der Waals surface area contributed by atoms with E-state index in [1.807, 2.05) is 25.3 Å². The van der Waals surface area contributed by atoms with Crippen LogP contribution in [0.15, 0.2) is 15.9 Å². The summed E-state index contributed by atoms with van der Waals surface area (Å²) in [5.41, 5.74) is 0.669. The molecule has 0 amide bonds. The Morgan fingerprint density at radius 1 is 1.53 bits per heavy atom. The number of hydrogen-bond donors (Lipinski definition) is 1. The van der Waals surface area contributed by atoms with E-state index in [0.29, 0.717) is 10.6 Å². The number of nitrogens with zero attached hydrogens (tertiary/aromatic N) is 1. The van der Waals surface area contributed by atoms with Crippen LogP contribution < -0.4 is 0 Å². The van der Waals surface area contributed by atoms with E-state index in [4.69, 9.17) is 5.11 Å². The van der Waals surface area contributed by atoms with Gasteiger partial charge >= 0.3 is 5.97 Å². The molecule has 0 aliphatic heterocycles. The van der Waals surface area contributed by atoms with Crippen LogP contribution in [0.25, 0.3) is 9.88 Å². The topological polar surface area (TPSA) is 50.2 Å². The molecule has 3 nitrogen and oxygen atoms in total. The number of thiazole rings is 1. The summed E-state index contributed by atoms with van der Waals surface area (Å²) in [6, 6.07) is 1.96. The maximum atomic E-state index is 11.1. The third-order valence-electron chi connectivity index (χ3n) is 2.17. The predicted molar refractivity (Wildman–Crippen MR) is 74.2 cm³/mol. The molecular weight excluding hydrogens is 322 g/mol. The number of carboxylic acids is 1. The van der Waals surface area contributed by atoms with E-state index >= 15 is 0 Å². The van der Waals surface area contributed by atoms with E-state index in [0.717, 1.165) is 14.4 Å². The van der Waals surface area contributed by atoms with Crippen LogP contribution in [0.4, 0.5) is 0 Å². The fourth-order valence-corrected chi connectivity index (χ4v) is 3.96.